The van der Waals surface area contributed by atoms with Gasteiger partial charge in [-0.2, -0.15) is 0 Å². The molecule has 0 saturated heterocycles. The number of thiocarbonyl (C=S) groups is 1. The van der Waals surface area contributed by atoms with Gasteiger partial charge in [-0.05, 0) is 61.5 Å². The molecule has 0 unspecified atom stereocenters. The number of hydrogen-bond acceptors (Lipinski definition) is 4. The molecule has 0 aliphatic rings. The van der Waals surface area contributed by atoms with Gasteiger partial charge in [-0.15, -0.1) is 0 Å². The Morgan fingerprint density at radius 2 is 1.69 bits per heavy atom. The third-order valence-electron chi connectivity index (χ3n) is 4.05. The van der Waals surface area contributed by atoms with Crippen molar-refractivity contribution in [1.29, 1.82) is 0 Å². The molecule has 0 spiro atoms. The summed E-state index contributed by atoms with van der Waals surface area (Å²) in [5.41, 5.74) is 1.47. The molecule has 29 heavy (non-hydrogen) atoms. The van der Waals surface area contributed by atoms with E-state index in [1.54, 1.807) is 48.5 Å². The van der Waals surface area contributed by atoms with Gasteiger partial charge in [0.15, 0.2) is 5.11 Å². The first-order chi connectivity index (χ1) is 14.0. The lowest BCUT2D eigenvalue weighted by atomic mass is 10.1. The van der Waals surface area contributed by atoms with Gasteiger partial charge >= 0.3 is 0 Å². The average Bonchev–Trinajstić information content (AvgIpc) is 2.73. The summed E-state index contributed by atoms with van der Waals surface area (Å²) >= 11 is 5.25. The van der Waals surface area contributed by atoms with Crippen molar-refractivity contribution in [2.24, 2.45) is 0 Å². The molecule has 0 aromatic heterocycles. The van der Waals surface area contributed by atoms with Gasteiger partial charge < -0.3 is 15.4 Å². The number of carbonyl (C=O) groups excluding carboxylic acids is 2. The predicted octanol–water partition coefficient (Wildman–Crippen LogP) is 4.13. The van der Waals surface area contributed by atoms with Crippen LogP contribution in [0.5, 0.6) is 5.75 Å². The molecule has 0 heterocycles. The van der Waals surface area contributed by atoms with E-state index in [1.165, 1.54) is 0 Å². The van der Waals surface area contributed by atoms with Gasteiger partial charge in [0.25, 0.3) is 11.8 Å². The zero-order chi connectivity index (χ0) is 21.1. The number of rotatable bonds is 9. The van der Waals surface area contributed by atoms with Crippen LogP contribution >= 0.6 is 12.2 Å². The molecule has 0 radical (unpaired) electrons. The van der Waals surface area contributed by atoms with Crippen molar-refractivity contribution in [2.45, 2.75) is 33.1 Å². The molecule has 2 amide bonds. The van der Waals surface area contributed by atoms with E-state index in [0.717, 1.165) is 19.3 Å². The number of amides is 2. The highest BCUT2D eigenvalue weighted by molar-refractivity contribution is 7.80. The Morgan fingerprint density at radius 1 is 0.966 bits per heavy atom. The highest BCUT2D eigenvalue weighted by atomic mass is 32.1. The molecule has 154 valence electrons. The number of para-hydroxylation sites is 1. The van der Waals surface area contributed by atoms with Crippen LogP contribution in [0.15, 0.2) is 48.5 Å². The summed E-state index contributed by atoms with van der Waals surface area (Å²) < 4.78 is 5.51. The first kappa shape index (κ1) is 22.4. The highest BCUT2D eigenvalue weighted by Crippen LogP contribution is 2.15. The minimum absolute atomic E-state index is 0.120. The summed E-state index contributed by atoms with van der Waals surface area (Å²) in [7, 11) is 0. The maximum absolute atomic E-state index is 12.4. The van der Waals surface area contributed by atoms with Crippen LogP contribution in [0.3, 0.4) is 0 Å². The molecule has 6 nitrogen and oxygen atoms in total. The van der Waals surface area contributed by atoms with E-state index in [1.807, 2.05) is 6.92 Å². The van der Waals surface area contributed by atoms with Crippen LogP contribution in [0.25, 0.3) is 0 Å². The van der Waals surface area contributed by atoms with Crippen LogP contribution in [0.4, 0.5) is 5.69 Å². The lowest BCUT2D eigenvalue weighted by Crippen LogP contribution is -2.35. The fourth-order valence-corrected chi connectivity index (χ4v) is 2.72. The van der Waals surface area contributed by atoms with Crippen molar-refractivity contribution in [2.75, 3.05) is 18.5 Å². The second kappa shape index (κ2) is 11.8. The second-order valence-corrected chi connectivity index (χ2v) is 6.84. The fraction of sp³-hybridized carbons (Fsp3) is 0.318. The van der Waals surface area contributed by atoms with Gasteiger partial charge in [0.05, 0.1) is 17.9 Å². The molecular formula is C22H27N3O3S. The number of ether oxygens (including phenoxy) is 1. The Hall–Kier alpha value is -2.93. The molecule has 3 N–H and O–H groups in total. The van der Waals surface area contributed by atoms with Crippen molar-refractivity contribution in [3.8, 4) is 5.75 Å². The van der Waals surface area contributed by atoms with E-state index < -0.39 is 0 Å². The number of hydrogen-bond donors (Lipinski definition) is 3. The predicted molar refractivity (Wildman–Crippen MR) is 120 cm³/mol. The molecule has 2 aromatic carbocycles. The maximum atomic E-state index is 12.4. The first-order valence-electron chi connectivity index (χ1n) is 9.77. The molecule has 0 aliphatic carbocycles. The number of anilines is 1. The molecule has 0 atom stereocenters. The van der Waals surface area contributed by atoms with Crippen LogP contribution in [-0.2, 0) is 0 Å². The Bertz CT molecular complexity index is 837. The summed E-state index contributed by atoms with van der Waals surface area (Å²) in [6.45, 7) is 5.34. The second-order valence-electron chi connectivity index (χ2n) is 6.44. The average molecular weight is 414 g/mol. The first-order valence-corrected chi connectivity index (χ1v) is 10.2. The Labute approximate surface area is 177 Å². The number of benzene rings is 2. The van der Waals surface area contributed by atoms with E-state index in [9.17, 15) is 9.59 Å². The van der Waals surface area contributed by atoms with Gasteiger partial charge in [-0.25, -0.2) is 0 Å². The largest absolute Gasteiger partial charge is 0.494 e. The number of nitrogens with one attached hydrogen (secondary N) is 3. The Balaban J connectivity index is 1.96. The topological polar surface area (TPSA) is 79.5 Å². The van der Waals surface area contributed by atoms with Crippen LogP contribution in [0.1, 0.15) is 53.8 Å². The van der Waals surface area contributed by atoms with Crippen molar-refractivity contribution in [3.05, 3.63) is 59.7 Å². The van der Waals surface area contributed by atoms with Gasteiger partial charge in [0, 0.05) is 12.1 Å². The van der Waals surface area contributed by atoms with E-state index >= 15 is 0 Å². The van der Waals surface area contributed by atoms with Crippen LogP contribution < -0.4 is 20.7 Å². The molecular weight excluding hydrogens is 386 g/mol. The van der Waals surface area contributed by atoms with E-state index in [2.05, 4.69) is 22.9 Å². The van der Waals surface area contributed by atoms with Crippen molar-refractivity contribution >= 4 is 34.8 Å². The maximum Gasteiger partial charge on any atom is 0.257 e. The standard InChI is InChI=1S/C22H27N3O3S/c1-3-5-14-23-21(27)18-8-6-7-9-19(18)24-22(29)25-20(26)16-10-12-17(13-11-16)28-15-4-2/h6-13H,3-5,14-15H2,1-2H3,(H,23,27)(H2,24,25,26,29). The van der Waals surface area contributed by atoms with Crippen molar-refractivity contribution in [3.63, 3.8) is 0 Å². The van der Waals surface area contributed by atoms with Crippen LogP contribution in [-0.4, -0.2) is 30.1 Å². The van der Waals surface area contributed by atoms with Crippen LogP contribution in [0, 0.1) is 0 Å². The zero-order valence-electron chi connectivity index (χ0n) is 16.8. The molecule has 0 bridgehead atoms. The SMILES string of the molecule is CCCCNC(=O)c1ccccc1NC(=S)NC(=O)c1ccc(OCCC)cc1. The smallest absolute Gasteiger partial charge is 0.257 e. The minimum Gasteiger partial charge on any atom is -0.494 e. The third-order valence-corrected chi connectivity index (χ3v) is 4.26. The molecule has 0 fully saturated rings. The van der Waals surface area contributed by atoms with Gasteiger partial charge in [0.1, 0.15) is 5.75 Å². The van der Waals surface area contributed by atoms with Gasteiger partial charge in [-0.3, -0.25) is 14.9 Å². The summed E-state index contributed by atoms with van der Waals surface area (Å²) in [6, 6.07) is 13.9. The number of unbranched alkanes of at least 4 members (excludes halogenated alkanes) is 1. The number of carbonyl (C=O) groups is 2. The van der Waals surface area contributed by atoms with Gasteiger partial charge in [-0.1, -0.05) is 32.4 Å². The zero-order valence-corrected chi connectivity index (χ0v) is 17.6. The highest BCUT2D eigenvalue weighted by Gasteiger charge is 2.13. The van der Waals surface area contributed by atoms with E-state index in [-0.39, 0.29) is 16.9 Å². The lowest BCUT2D eigenvalue weighted by Gasteiger charge is -2.13. The Morgan fingerprint density at radius 3 is 2.38 bits per heavy atom. The van der Waals surface area contributed by atoms with Gasteiger partial charge in [0.2, 0.25) is 0 Å². The minimum atomic E-state index is -0.339. The molecule has 0 saturated carbocycles. The lowest BCUT2D eigenvalue weighted by molar-refractivity contribution is 0.0952. The van der Waals surface area contributed by atoms with Crippen molar-refractivity contribution < 1.29 is 14.3 Å². The Kier molecular flexibility index (Phi) is 9.11. The summed E-state index contributed by atoms with van der Waals surface area (Å²) in [4.78, 5) is 24.8. The third kappa shape index (κ3) is 7.19. The summed E-state index contributed by atoms with van der Waals surface area (Å²) in [5, 5.41) is 8.57. The normalized spacial score (nSPS) is 10.1. The van der Waals surface area contributed by atoms with E-state index in [0.29, 0.717) is 35.7 Å². The monoisotopic (exact) mass is 413 g/mol. The molecule has 7 heteroatoms. The molecule has 2 aromatic rings. The summed E-state index contributed by atoms with van der Waals surface area (Å²) in [5.74, 6) is 0.194. The fourth-order valence-electron chi connectivity index (χ4n) is 2.52. The van der Waals surface area contributed by atoms with E-state index in [4.69, 9.17) is 17.0 Å². The van der Waals surface area contributed by atoms with Crippen LogP contribution in [0.2, 0.25) is 0 Å². The molecule has 0 aliphatic heterocycles. The summed E-state index contributed by atoms with van der Waals surface area (Å²) in [6.07, 6.45) is 2.83. The van der Waals surface area contributed by atoms with Crippen molar-refractivity contribution in [1.82, 2.24) is 10.6 Å². The quantitative estimate of drug-likeness (QED) is 0.425. The molecule has 2 rings (SSSR count).